The third-order valence-electron chi connectivity index (χ3n) is 3.69. The van der Waals surface area contributed by atoms with Crippen molar-refractivity contribution in [2.45, 2.75) is 17.3 Å². The number of rotatable bonds is 6. The van der Waals surface area contributed by atoms with Gasteiger partial charge in [0.2, 0.25) is 11.8 Å². The van der Waals surface area contributed by atoms with Gasteiger partial charge in [-0.25, -0.2) is 0 Å². The molecule has 0 fully saturated rings. The maximum Gasteiger partial charge on any atom is 0.248 e. The zero-order chi connectivity index (χ0) is 19.4. The van der Waals surface area contributed by atoms with Crippen LogP contribution in [0.2, 0.25) is 5.02 Å². The Morgan fingerprint density at radius 1 is 1.22 bits per heavy atom. The Balaban J connectivity index is 1.69. The third-order valence-corrected chi connectivity index (χ3v) is 4.98. The van der Waals surface area contributed by atoms with Crippen molar-refractivity contribution >= 4 is 40.9 Å². The number of anilines is 1. The van der Waals surface area contributed by atoms with Gasteiger partial charge in [-0.15, -0.1) is 10.2 Å². The van der Waals surface area contributed by atoms with Crippen molar-refractivity contribution in [2.24, 2.45) is 5.73 Å². The molecule has 27 heavy (non-hydrogen) atoms. The predicted molar refractivity (Wildman–Crippen MR) is 105 cm³/mol. The van der Waals surface area contributed by atoms with Crippen LogP contribution in [0, 0.1) is 0 Å². The molecule has 1 heterocycles. The minimum absolute atomic E-state index is 0.201. The summed E-state index contributed by atoms with van der Waals surface area (Å²) in [5.41, 5.74) is 6.97. The highest BCUT2D eigenvalue weighted by Crippen LogP contribution is 2.25. The number of amides is 2. The van der Waals surface area contributed by atoms with E-state index in [9.17, 15) is 9.59 Å². The minimum Gasteiger partial charge on any atom is -0.366 e. The van der Waals surface area contributed by atoms with Crippen molar-refractivity contribution in [3.8, 4) is 5.69 Å². The number of nitrogens with two attached hydrogens (primary N) is 1. The second-order valence-electron chi connectivity index (χ2n) is 5.65. The number of halogens is 1. The first-order valence-electron chi connectivity index (χ1n) is 7.97. The van der Waals surface area contributed by atoms with Gasteiger partial charge in [-0.05, 0) is 49.4 Å². The van der Waals surface area contributed by atoms with E-state index in [1.165, 1.54) is 11.8 Å². The molecule has 3 rings (SSSR count). The number of hydrogen-bond donors (Lipinski definition) is 2. The normalized spacial score (nSPS) is 11.8. The van der Waals surface area contributed by atoms with Crippen molar-refractivity contribution < 1.29 is 9.59 Å². The molecule has 2 aromatic carbocycles. The maximum absolute atomic E-state index is 12.5. The van der Waals surface area contributed by atoms with Gasteiger partial charge in [-0.1, -0.05) is 29.4 Å². The molecule has 0 spiro atoms. The monoisotopic (exact) mass is 401 g/mol. The van der Waals surface area contributed by atoms with E-state index in [4.69, 9.17) is 17.3 Å². The van der Waals surface area contributed by atoms with Gasteiger partial charge in [-0.3, -0.25) is 14.2 Å². The van der Waals surface area contributed by atoms with Crippen molar-refractivity contribution in [1.29, 1.82) is 0 Å². The molecule has 9 heteroatoms. The zero-order valence-corrected chi connectivity index (χ0v) is 15.9. The van der Waals surface area contributed by atoms with Gasteiger partial charge in [0.05, 0.1) is 10.9 Å². The Morgan fingerprint density at radius 3 is 2.63 bits per heavy atom. The quantitative estimate of drug-likeness (QED) is 0.617. The van der Waals surface area contributed by atoms with Crippen LogP contribution in [0.5, 0.6) is 0 Å². The molecular weight excluding hydrogens is 386 g/mol. The molecular formula is C18H16ClN5O2S. The van der Waals surface area contributed by atoms with Gasteiger partial charge in [0, 0.05) is 16.3 Å². The average molecular weight is 402 g/mol. The molecule has 1 aromatic heterocycles. The van der Waals surface area contributed by atoms with Gasteiger partial charge in [0.15, 0.2) is 5.16 Å². The van der Waals surface area contributed by atoms with E-state index in [1.54, 1.807) is 54.2 Å². The minimum atomic E-state index is -0.517. The molecule has 0 bridgehead atoms. The summed E-state index contributed by atoms with van der Waals surface area (Å²) in [6.07, 6.45) is 1.57. The van der Waals surface area contributed by atoms with E-state index in [0.29, 0.717) is 21.4 Å². The van der Waals surface area contributed by atoms with Gasteiger partial charge in [-0.2, -0.15) is 0 Å². The summed E-state index contributed by atoms with van der Waals surface area (Å²) in [4.78, 5) is 23.6. The molecule has 0 aliphatic rings. The zero-order valence-electron chi connectivity index (χ0n) is 14.3. The van der Waals surface area contributed by atoms with Crippen LogP contribution in [0.25, 0.3) is 5.69 Å². The number of carbonyl (C=O) groups excluding carboxylic acids is 2. The molecule has 138 valence electrons. The number of benzene rings is 2. The second-order valence-corrected chi connectivity index (χ2v) is 7.40. The van der Waals surface area contributed by atoms with Gasteiger partial charge < -0.3 is 11.1 Å². The van der Waals surface area contributed by atoms with E-state index in [0.717, 1.165) is 5.69 Å². The van der Waals surface area contributed by atoms with Crippen LogP contribution in [0.15, 0.2) is 60.0 Å². The van der Waals surface area contributed by atoms with E-state index >= 15 is 0 Å². The second kappa shape index (κ2) is 8.24. The smallest absolute Gasteiger partial charge is 0.248 e. The summed E-state index contributed by atoms with van der Waals surface area (Å²) in [6, 6.07) is 13.7. The first-order valence-corrected chi connectivity index (χ1v) is 9.23. The van der Waals surface area contributed by atoms with E-state index in [2.05, 4.69) is 15.5 Å². The fraction of sp³-hybridized carbons (Fsp3) is 0.111. The molecule has 7 nitrogen and oxygen atoms in total. The highest BCUT2D eigenvalue weighted by Gasteiger charge is 2.19. The number of nitrogens with zero attached hydrogens (tertiary/aromatic N) is 3. The Bertz CT molecular complexity index is 974. The van der Waals surface area contributed by atoms with Crippen molar-refractivity contribution in [1.82, 2.24) is 14.8 Å². The standard InChI is InChI=1S/C18H16ClN5O2S/c1-11(17(26)22-14-7-5-12(6-8-14)16(20)25)27-18-23-21-10-24(18)15-4-2-3-13(19)9-15/h2-11H,1H3,(H2,20,25)(H,22,26)/t11-/m0/s1. The van der Waals surface area contributed by atoms with Crippen LogP contribution >= 0.6 is 23.4 Å². The molecule has 0 saturated heterocycles. The average Bonchev–Trinajstić information content (AvgIpc) is 3.10. The van der Waals surface area contributed by atoms with Gasteiger partial charge >= 0.3 is 0 Å². The number of thioether (sulfide) groups is 1. The lowest BCUT2D eigenvalue weighted by Gasteiger charge is -2.13. The van der Waals surface area contributed by atoms with Gasteiger partial charge in [0.25, 0.3) is 0 Å². The van der Waals surface area contributed by atoms with E-state index in [1.807, 2.05) is 12.1 Å². The van der Waals surface area contributed by atoms with Crippen molar-refractivity contribution in [3.05, 3.63) is 65.4 Å². The molecule has 0 radical (unpaired) electrons. The summed E-state index contributed by atoms with van der Waals surface area (Å²) in [5.74, 6) is -0.718. The summed E-state index contributed by atoms with van der Waals surface area (Å²) >= 11 is 7.31. The van der Waals surface area contributed by atoms with Crippen LogP contribution in [-0.2, 0) is 4.79 Å². The number of primary amides is 1. The maximum atomic E-state index is 12.5. The summed E-state index contributed by atoms with van der Waals surface area (Å²) < 4.78 is 1.77. The van der Waals surface area contributed by atoms with Gasteiger partial charge in [0.1, 0.15) is 6.33 Å². The predicted octanol–water partition coefficient (Wildman–Crippen LogP) is 3.14. The lowest BCUT2D eigenvalue weighted by atomic mass is 10.2. The SMILES string of the molecule is C[C@H](Sc1nncn1-c1cccc(Cl)c1)C(=O)Nc1ccc(C(N)=O)cc1. The first-order chi connectivity index (χ1) is 12.9. The third kappa shape index (κ3) is 4.66. The lowest BCUT2D eigenvalue weighted by Crippen LogP contribution is -2.23. The Labute approximate surface area is 164 Å². The number of carbonyl (C=O) groups is 2. The van der Waals surface area contributed by atoms with Crippen LogP contribution in [0.3, 0.4) is 0 Å². The number of nitrogens with one attached hydrogen (secondary N) is 1. The fourth-order valence-electron chi connectivity index (χ4n) is 2.28. The fourth-order valence-corrected chi connectivity index (χ4v) is 3.31. The summed E-state index contributed by atoms with van der Waals surface area (Å²) in [5, 5.41) is 11.6. The number of aromatic nitrogens is 3. The Morgan fingerprint density at radius 2 is 1.96 bits per heavy atom. The summed E-state index contributed by atoms with van der Waals surface area (Å²) in [7, 11) is 0. The molecule has 3 N–H and O–H groups in total. The Hall–Kier alpha value is -2.84. The van der Waals surface area contributed by atoms with Crippen LogP contribution in [0.4, 0.5) is 5.69 Å². The highest BCUT2D eigenvalue weighted by molar-refractivity contribution is 8.00. The van der Waals surface area contributed by atoms with Crippen molar-refractivity contribution in [3.63, 3.8) is 0 Å². The molecule has 0 aliphatic carbocycles. The molecule has 0 unspecified atom stereocenters. The first kappa shape index (κ1) is 18.9. The topological polar surface area (TPSA) is 103 Å². The van der Waals surface area contributed by atoms with Crippen LogP contribution in [-0.4, -0.2) is 31.8 Å². The highest BCUT2D eigenvalue weighted by atomic mass is 35.5. The van der Waals surface area contributed by atoms with Crippen molar-refractivity contribution in [2.75, 3.05) is 5.32 Å². The molecule has 0 aliphatic heterocycles. The summed E-state index contributed by atoms with van der Waals surface area (Å²) in [6.45, 7) is 1.77. The molecule has 2 amide bonds. The van der Waals surface area contributed by atoms with Crippen LogP contribution in [0.1, 0.15) is 17.3 Å². The number of hydrogen-bond acceptors (Lipinski definition) is 5. The molecule has 0 saturated carbocycles. The van der Waals surface area contributed by atoms with E-state index in [-0.39, 0.29) is 5.91 Å². The molecule has 3 aromatic rings. The Kier molecular flexibility index (Phi) is 5.78. The lowest BCUT2D eigenvalue weighted by molar-refractivity contribution is -0.115. The largest absolute Gasteiger partial charge is 0.366 e. The van der Waals surface area contributed by atoms with Crippen LogP contribution < -0.4 is 11.1 Å². The molecule has 1 atom stereocenters. The van der Waals surface area contributed by atoms with E-state index < -0.39 is 11.2 Å².